The van der Waals surface area contributed by atoms with Gasteiger partial charge in [0.05, 0.1) is 6.10 Å². The van der Waals surface area contributed by atoms with Crippen molar-refractivity contribution in [1.29, 1.82) is 0 Å². The van der Waals surface area contributed by atoms with Crippen LogP contribution in [0.3, 0.4) is 0 Å². The van der Waals surface area contributed by atoms with Crippen LogP contribution in [0.5, 0.6) is 5.75 Å². The van der Waals surface area contributed by atoms with Crippen molar-refractivity contribution in [1.82, 2.24) is 10.1 Å². The molecule has 1 fully saturated rings. The number of hydrogen-bond donors (Lipinski definition) is 1. The molecule has 1 aliphatic rings. The fourth-order valence-electron chi connectivity index (χ4n) is 3.55. The Morgan fingerprint density at radius 2 is 2.03 bits per heavy atom. The minimum absolute atomic E-state index is 0.113. The minimum atomic E-state index is -0.816. The first-order valence-corrected chi connectivity index (χ1v) is 9.84. The Balaban J connectivity index is 1.52. The number of amides is 1. The number of likely N-dealkylation sites (tertiary alicyclic amines) is 1. The van der Waals surface area contributed by atoms with E-state index in [4.69, 9.17) is 9.26 Å². The summed E-state index contributed by atoms with van der Waals surface area (Å²) in [5.41, 5.74) is 0.157. The van der Waals surface area contributed by atoms with E-state index in [1.165, 1.54) is 12.1 Å². The van der Waals surface area contributed by atoms with E-state index in [2.05, 4.69) is 19.0 Å². The second kappa shape index (κ2) is 9.35. The molecule has 0 aliphatic carbocycles. The van der Waals surface area contributed by atoms with Gasteiger partial charge in [-0.1, -0.05) is 19.0 Å². The lowest BCUT2D eigenvalue weighted by atomic mass is 9.87. The summed E-state index contributed by atoms with van der Waals surface area (Å²) in [6.07, 6.45) is 1.92. The van der Waals surface area contributed by atoms with Crippen LogP contribution >= 0.6 is 0 Å². The molecule has 158 valence electrons. The van der Waals surface area contributed by atoms with Gasteiger partial charge < -0.3 is 19.3 Å². The van der Waals surface area contributed by atoms with Crippen molar-refractivity contribution in [3.8, 4) is 5.75 Å². The largest absolute Gasteiger partial charge is 0.482 e. The second-order valence-corrected chi connectivity index (χ2v) is 7.87. The SMILES string of the molecule is CC(C)C[C@@H](O)C1CCN(C(=O)c2cc(COc3ccc(F)cc3F)on2)CC1. The fraction of sp³-hybridized carbons (Fsp3) is 0.524. The third kappa shape index (κ3) is 5.53. The monoisotopic (exact) mass is 408 g/mol. The van der Waals surface area contributed by atoms with Gasteiger partial charge >= 0.3 is 0 Å². The Bertz CT molecular complexity index is 832. The maximum atomic E-state index is 13.6. The highest BCUT2D eigenvalue weighted by Crippen LogP contribution is 2.25. The van der Waals surface area contributed by atoms with E-state index < -0.39 is 11.6 Å². The van der Waals surface area contributed by atoms with E-state index >= 15 is 0 Å². The van der Waals surface area contributed by atoms with Crippen LogP contribution in [-0.4, -0.2) is 40.3 Å². The molecule has 2 heterocycles. The molecule has 8 heteroatoms. The number of hydrogen-bond acceptors (Lipinski definition) is 5. The molecule has 0 bridgehead atoms. The zero-order valence-corrected chi connectivity index (χ0v) is 16.6. The highest BCUT2D eigenvalue weighted by atomic mass is 19.1. The van der Waals surface area contributed by atoms with E-state index in [0.29, 0.717) is 19.0 Å². The molecule has 1 saturated heterocycles. The number of halogens is 2. The molecular formula is C21H26F2N2O4. The van der Waals surface area contributed by atoms with Crippen LogP contribution in [0.1, 0.15) is 49.4 Å². The van der Waals surface area contributed by atoms with Gasteiger partial charge in [-0.25, -0.2) is 8.78 Å². The summed E-state index contributed by atoms with van der Waals surface area (Å²) in [5, 5.41) is 14.1. The molecule has 6 nitrogen and oxygen atoms in total. The number of benzene rings is 1. The lowest BCUT2D eigenvalue weighted by Crippen LogP contribution is -2.41. The minimum Gasteiger partial charge on any atom is -0.482 e. The average Bonchev–Trinajstić information content (AvgIpc) is 3.15. The zero-order chi connectivity index (χ0) is 21.0. The first-order chi connectivity index (χ1) is 13.8. The van der Waals surface area contributed by atoms with E-state index in [1.807, 2.05) is 0 Å². The third-order valence-electron chi connectivity index (χ3n) is 5.13. The molecule has 0 saturated carbocycles. The van der Waals surface area contributed by atoms with Crippen molar-refractivity contribution in [2.45, 2.75) is 45.8 Å². The summed E-state index contributed by atoms with van der Waals surface area (Å²) >= 11 is 0. The summed E-state index contributed by atoms with van der Waals surface area (Å²) < 4.78 is 36.9. The van der Waals surface area contributed by atoms with Gasteiger partial charge in [0.15, 0.2) is 23.0 Å². The molecule has 1 amide bonds. The van der Waals surface area contributed by atoms with Gasteiger partial charge in [-0.3, -0.25) is 4.79 Å². The van der Waals surface area contributed by atoms with Gasteiger partial charge in [0.2, 0.25) is 0 Å². The molecule has 0 radical (unpaired) electrons. The van der Waals surface area contributed by atoms with Crippen LogP contribution in [0.25, 0.3) is 0 Å². The highest BCUT2D eigenvalue weighted by molar-refractivity contribution is 5.92. The Labute approximate surface area is 168 Å². The molecular weight excluding hydrogens is 382 g/mol. The van der Waals surface area contributed by atoms with Gasteiger partial charge in [-0.15, -0.1) is 0 Å². The lowest BCUT2D eigenvalue weighted by Gasteiger charge is -2.34. The number of aliphatic hydroxyl groups is 1. The standard InChI is InChI=1S/C21H26F2N2O4/c1-13(2)9-19(26)14-5-7-25(8-6-14)21(27)18-11-16(29-24-18)12-28-20-4-3-15(22)10-17(20)23/h3-4,10-11,13-14,19,26H,5-9,12H2,1-2H3/t19-/m1/s1. The zero-order valence-electron chi connectivity index (χ0n) is 16.6. The maximum Gasteiger partial charge on any atom is 0.276 e. The van der Waals surface area contributed by atoms with Crippen molar-refractivity contribution in [2.24, 2.45) is 11.8 Å². The van der Waals surface area contributed by atoms with Crippen LogP contribution in [0.4, 0.5) is 8.78 Å². The lowest BCUT2D eigenvalue weighted by molar-refractivity contribution is 0.0380. The smallest absolute Gasteiger partial charge is 0.276 e. The molecule has 29 heavy (non-hydrogen) atoms. The van der Waals surface area contributed by atoms with Crippen molar-refractivity contribution < 1.29 is 27.9 Å². The Hall–Kier alpha value is -2.48. The Morgan fingerprint density at radius 1 is 1.31 bits per heavy atom. The molecule has 3 rings (SSSR count). The molecule has 1 aliphatic heterocycles. The molecule has 1 aromatic heterocycles. The molecule has 1 aromatic carbocycles. The normalized spacial score (nSPS) is 16.3. The van der Waals surface area contributed by atoms with Gasteiger partial charge in [-0.2, -0.15) is 0 Å². The van der Waals surface area contributed by atoms with Crippen LogP contribution in [0.15, 0.2) is 28.8 Å². The second-order valence-electron chi connectivity index (χ2n) is 7.87. The van der Waals surface area contributed by atoms with Crippen molar-refractivity contribution in [3.63, 3.8) is 0 Å². The van der Waals surface area contributed by atoms with Gasteiger partial charge in [0.25, 0.3) is 5.91 Å². The molecule has 1 N–H and O–H groups in total. The summed E-state index contributed by atoms with van der Waals surface area (Å²) in [7, 11) is 0. The van der Waals surface area contributed by atoms with E-state index in [0.717, 1.165) is 31.4 Å². The quantitative estimate of drug-likeness (QED) is 0.754. The molecule has 2 aromatic rings. The molecule has 1 atom stereocenters. The number of nitrogens with zero attached hydrogens (tertiary/aromatic N) is 2. The van der Waals surface area contributed by atoms with Crippen molar-refractivity contribution in [2.75, 3.05) is 13.1 Å². The van der Waals surface area contributed by atoms with Crippen LogP contribution in [0.2, 0.25) is 0 Å². The summed E-state index contributed by atoms with van der Waals surface area (Å²) in [4.78, 5) is 14.3. The first-order valence-electron chi connectivity index (χ1n) is 9.84. The summed E-state index contributed by atoms with van der Waals surface area (Å²) in [5.74, 6) is -0.967. The van der Waals surface area contributed by atoms with Crippen LogP contribution in [0, 0.1) is 23.5 Å². The van der Waals surface area contributed by atoms with Gasteiger partial charge in [0.1, 0.15) is 12.4 Å². The molecule has 0 unspecified atom stereocenters. The topological polar surface area (TPSA) is 75.8 Å². The average molecular weight is 408 g/mol. The summed E-state index contributed by atoms with van der Waals surface area (Å²) in [6, 6.07) is 4.47. The number of aromatic nitrogens is 1. The number of carbonyl (C=O) groups is 1. The van der Waals surface area contributed by atoms with Crippen molar-refractivity contribution in [3.05, 3.63) is 47.4 Å². The maximum absolute atomic E-state index is 13.6. The van der Waals surface area contributed by atoms with E-state index in [-0.39, 0.29) is 41.7 Å². The van der Waals surface area contributed by atoms with Gasteiger partial charge in [-0.05, 0) is 43.2 Å². The highest BCUT2D eigenvalue weighted by Gasteiger charge is 2.29. The summed E-state index contributed by atoms with van der Waals surface area (Å²) in [6.45, 7) is 5.14. The van der Waals surface area contributed by atoms with Crippen LogP contribution < -0.4 is 4.74 Å². The van der Waals surface area contributed by atoms with Crippen molar-refractivity contribution >= 4 is 5.91 Å². The third-order valence-corrected chi connectivity index (χ3v) is 5.13. The number of piperidine rings is 1. The number of aliphatic hydroxyl groups excluding tert-OH is 1. The fourth-order valence-corrected chi connectivity index (χ4v) is 3.55. The van der Waals surface area contributed by atoms with E-state index in [1.54, 1.807) is 4.90 Å². The predicted molar refractivity (Wildman–Crippen MR) is 101 cm³/mol. The van der Waals surface area contributed by atoms with Gasteiger partial charge in [0, 0.05) is 25.2 Å². The number of carbonyl (C=O) groups excluding carboxylic acids is 1. The predicted octanol–water partition coefficient (Wildman–Crippen LogP) is 3.79. The Morgan fingerprint density at radius 3 is 2.69 bits per heavy atom. The first kappa shape index (κ1) is 21.2. The van der Waals surface area contributed by atoms with Crippen LogP contribution in [-0.2, 0) is 6.61 Å². The number of rotatable bonds is 7. The Kier molecular flexibility index (Phi) is 6.84. The molecule has 0 spiro atoms. The number of ether oxygens (including phenoxy) is 1. The van der Waals surface area contributed by atoms with E-state index in [9.17, 15) is 18.7 Å².